The first-order chi connectivity index (χ1) is 17.0. The lowest BCUT2D eigenvalue weighted by Gasteiger charge is -2.30. The zero-order valence-corrected chi connectivity index (χ0v) is 21.1. The van der Waals surface area contributed by atoms with E-state index in [4.69, 9.17) is 14.5 Å². The van der Waals surface area contributed by atoms with E-state index in [9.17, 15) is 14.7 Å². The third-order valence-electron chi connectivity index (χ3n) is 6.58. The molecule has 0 fully saturated rings. The lowest BCUT2D eigenvalue weighted by atomic mass is 9.84. The van der Waals surface area contributed by atoms with Gasteiger partial charge in [0.25, 0.3) is 0 Å². The van der Waals surface area contributed by atoms with Crippen LogP contribution in [0.2, 0.25) is 0 Å². The first kappa shape index (κ1) is 23.9. The van der Waals surface area contributed by atoms with Crippen LogP contribution >= 0.6 is 0 Å². The van der Waals surface area contributed by atoms with Crippen LogP contribution in [0.5, 0.6) is 5.75 Å². The number of hydrogen-bond donors (Lipinski definition) is 1. The molecule has 0 unspecified atom stereocenters. The SMILES string of the molecule is CC(=O)[C@@H](OC(C)(C)C)c1c(C)cc2cc(C(=O)O)ccc2c1-c1ccc2c3c(ccnc13)CCO2. The van der Waals surface area contributed by atoms with Crippen molar-refractivity contribution in [3.8, 4) is 16.9 Å². The van der Waals surface area contributed by atoms with Crippen molar-refractivity contribution in [3.05, 3.63) is 70.9 Å². The number of Topliss-reactive ketones (excluding diaryl/α,β-unsaturated/α-hetero) is 1. The summed E-state index contributed by atoms with van der Waals surface area (Å²) in [4.78, 5) is 29.5. The number of rotatable bonds is 5. The van der Waals surface area contributed by atoms with Gasteiger partial charge in [0.1, 0.15) is 11.9 Å². The van der Waals surface area contributed by atoms with E-state index in [-0.39, 0.29) is 11.3 Å². The fourth-order valence-corrected chi connectivity index (χ4v) is 5.13. The number of hydrogen-bond acceptors (Lipinski definition) is 5. The molecule has 5 rings (SSSR count). The molecule has 4 aromatic rings. The second-order valence-electron chi connectivity index (χ2n) is 10.3. The number of pyridine rings is 1. The molecule has 2 heterocycles. The van der Waals surface area contributed by atoms with Crippen molar-refractivity contribution in [2.75, 3.05) is 6.61 Å². The number of aromatic carboxylic acids is 1. The molecule has 1 aliphatic rings. The Balaban J connectivity index is 1.92. The lowest BCUT2D eigenvalue weighted by Crippen LogP contribution is -2.27. The summed E-state index contributed by atoms with van der Waals surface area (Å²) in [7, 11) is 0. The van der Waals surface area contributed by atoms with E-state index in [0.717, 1.165) is 56.1 Å². The fourth-order valence-electron chi connectivity index (χ4n) is 5.13. The number of carbonyl (C=O) groups is 2. The van der Waals surface area contributed by atoms with Gasteiger partial charge in [0.05, 0.1) is 23.3 Å². The molecule has 1 N–H and O–H groups in total. The second-order valence-corrected chi connectivity index (χ2v) is 10.3. The zero-order valence-electron chi connectivity index (χ0n) is 21.1. The van der Waals surface area contributed by atoms with E-state index in [1.165, 1.54) is 5.56 Å². The quantitative estimate of drug-likeness (QED) is 0.351. The van der Waals surface area contributed by atoms with E-state index < -0.39 is 17.7 Å². The minimum Gasteiger partial charge on any atom is -0.493 e. The summed E-state index contributed by atoms with van der Waals surface area (Å²) in [6.45, 7) is 9.89. The molecule has 0 aliphatic carbocycles. The third kappa shape index (κ3) is 4.11. The number of carboxylic acids is 1. The largest absolute Gasteiger partial charge is 0.493 e. The van der Waals surface area contributed by atoms with Gasteiger partial charge in [-0.15, -0.1) is 0 Å². The summed E-state index contributed by atoms with van der Waals surface area (Å²) in [6, 6.07) is 13.0. The van der Waals surface area contributed by atoms with Crippen molar-refractivity contribution in [2.45, 2.75) is 52.7 Å². The van der Waals surface area contributed by atoms with Gasteiger partial charge in [0, 0.05) is 23.6 Å². The molecular formula is C30H29NO5. The van der Waals surface area contributed by atoms with Crippen LogP contribution in [0.1, 0.15) is 60.8 Å². The van der Waals surface area contributed by atoms with Gasteiger partial charge in [-0.05, 0) is 98.0 Å². The van der Waals surface area contributed by atoms with Crippen LogP contribution < -0.4 is 4.74 Å². The molecule has 184 valence electrons. The van der Waals surface area contributed by atoms with Gasteiger partial charge in [0.15, 0.2) is 5.78 Å². The Bertz CT molecular complexity index is 1540. The molecule has 3 aromatic carbocycles. The number of aromatic nitrogens is 1. The van der Waals surface area contributed by atoms with Crippen molar-refractivity contribution >= 4 is 33.4 Å². The first-order valence-corrected chi connectivity index (χ1v) is 12.1. The molecule has 0 bridgehead atoms. The van der Waals surface area contributed by atoms with Gasteiger partial charge in [-0.25, -0.2) is 4.79 Å². The van der Waals surface area contributed by atoms with Gasteiger partial charge in [-0.2, -0.15) is 0 Å². The number of nitrogens with zero attached hydrogens (tertiary/aromatic N) is 1. The topological polar surface area (TPSA) is 85.7 Å². The molecule has 0 radical (unpaired) electrons. The average molecular weight is 484 g/mol. The Labute approximate surface area is 209 Å². The van der Waals surface area contributed by atoms with Crippen LogP contribution in [0.25, 0.3) is 32.8 Å². The minimum absolute atomic E-state index is 0.102. The van der Waals surface area contributed by atoms with E-state index in [1.54, 1.807) is 19.1 Å². The smallest absolute Gasteiger partial charge is 0.335 e. The summed E-state index contributed by atoms with van der Waals surface area (Å²) in [5.74, 6) is -0.295. The first-order valence-electron chi connectivity index (χ1n) is 12.1. The van der Waals surface area contributed by atoms with Gasteiger partial charge >= 0.3 is 5.97 Å². The highest BCUT2D eigenvalue weighted by atomic mass is 16.5. The Kier molecular flexibility index (Phi) is 5.80. The monoisotopic (exact) mass is 483 g/mol. The predicted octanol–water partition coefficient (Wildman–Crippen LogP) is 6.44. The van der Waals surface area contributed by atoms with Gasteiger partial charge in [0.2, 0.25) is 0 Å². The number of benzene rings is 3. The van der Waals surface area contributed by atoms with Crippen molar-refractivity contribution in [1.29, 1.82) is 0 Å². The minimum atomic E-state index is -0.988. The summed E-state index contributed by atoms with van der Waals surface area (Å²) >= 11 is 0. The number of ketones is 1. The molecule has 1 atom stereocenters. The number of fused-ring (bicyclic) bond motifs is 1. The van der Waals surface area contributed by atoms with Gasteiger partial charge in [-0.1, -0.05) is 12.1 Å². The highest BCUT2D eigenvalue weighted by molar-refractivity contribution is 6.10. The maximum absolute atomic E-state index is 13.0. The molecule has 0 saturated heterocycles. The second kappa shape index (κ2) is 8.71. The van der Waals surface area contributed by atoms with Gasteiger partial charge in [-0.3, -0.25) is 9.78 Å². The van der Waals surface area contributed by atoms with Crippen LogP contribution in [-0.4, -0.2) is 34.1 Å². The Morgan fingerprint density at radius 2 is 1.89 bits per heavy atom. The lowest BCUT2D eigenvalue weighted by molar-refractivity contribution is -0.138. The summed E-state index contributed by atoms with van der Waals surface area (Å²) < 4.78 is 12.3. The predicted molar refractivity (Wildman–Crippen MR) is 140 cm³/mol. The van der Waals surface area contributed by atoms with E-state index in [1.807, 2.05) is 64.2 Å². The molecule has 0 spiro atoms. The van der Waals surface area contributed by atoms with Crippen LogP contribution in [0.15, 0.2) is 48.7 Å². The summed E-state index contributed by atoms with van der Waals surface area (Å²) in [5, 5.41) is 12.2. The average Bonchev–Trinajstić information content (AvgIpc) is 2.81. The summed E-state index contributed by atoms with van der Waals surface area (Å²) in [5.41, 5.74) is 4.91. The van der Waals surface area contributed by atoms with Crippen molar-refractivity contribution in [1.82, 2.24) is 4.98 Å². The van der Waals surface area contributed by atoms with Crippen molar-refractivity contribution in [3.63, 3.8) is 0 Å². The molecular weight excluding hydrogens is 454 g/mol. The number of ether oxygens (including phenoxy) is 2. The summed E-state index contributed by atoms with van der Waals surface area (Å²) in [6.07, 6.45) is 1.80. The highest BCUT2D eigenvalue weighted by Gasteiger charge is 2.31. The van der Waals surface area contributed by atoms with E-state index in [0.29, 0.717) is 6.61 Å². The fraction of sp³-hybridized carbons (Fsp3) is 0.300. The maximum Gasteiger partial charge on any atom is 0.335 e. The molecule has 1 aliphatic heterocycles. The zero-order chi connectivity index (χ0) is 25.8. The normalized spacial score (nSPS) is 14.0. The van der Waals surface area contributed by atoms with Crippen molar-refractivity contribution < 1.29 is 24.2 Å². The Hall–Kier alpha value is -3.77. The van der Waals surface area contributed by atoms with Gasteiger partial charge < -0.3 is 14.6 Å². The Morgan fingerprint density at radius 1 is 1.11 bits per heavy atom. The molecule has 6 nitrogen and oxygen atoms in total. The van der Waals surface area contributed by atoms with E-state index >= 15 is 0 Å². The number of carboxylic acid groups (broad SMARTS) is 1. The van der Waals surface area contributed by atoms with Crippen LogP contribution in [0.4, 0.5) is 0 Å². The molecule has 6 heteroatoms. The molecule has 0 saturated carbocycles. The van der Waals surface area contributed by atoms with Crippen molar-refractivity contribution in [2.24, 2.45) is 0 Å². The van der Waals surface area contributed by atoms with Crippen LogP contribution in [0.3, 0.4) is 0 Å². The Morgan fingerprint density at radius 3 is 2.58 bits per heavy atom. The highest BCUT2D eigenvalue weighted by Crippen LogP contribution is 2.45. The third-order valence-corrected chi connectivity index (χ3v) is 6.58. The standard InChI is InChI=1S/C30H29NO5/c1-16-14-20-15-19(29(33)34)6-7-21(20)26(24(16)28(17(2)32)36-30(3,4)5)22-8-9-23-25-18(11-13-35-23)10-12-31-27(22)25/h6-10,12,14-15,28H,11,13H2,1-5H3,(H,33,34)/t28-/m1/s1. The van der Waals surface area contributed by atoms with E-state index in [2.05, 4.69) is 0 Å². The van der Waals surface area contributed by atoms with Crippen LogP contribution in [0, 0.1) is 6.92 Å². The number of aryl methyl sites for hydroxylation is 1. The van der Waals surface area contributed by atoms with Crippen LogP contribution in [-0.2, 0) is 16.0 Å². The molecule has 36 heavy (non-hydrogen) atoms. The molecule has 0 amide bonds. The number of carbonyl (C=O) groups excluding carboxylic acids is 1. The maximum atomic E-state index is 13.0. The molecule has 1 aromatic heterocycles.